The number of pyridine rings is 2. The summed E-state index contributed by atoms with van der Waals surface area (Å²) in [4.78, 5) is 12.5. The average molecular weight is 578 g/mol. The summed E-state index contributed by atoms with van der Waals surface area (Å²) in [6.07, 6.45) is 8.80. The zero-order valence-corrected chi connectivity index (χ0v) is 25.9. The lowest BCUT2D eigenvalue weighted by molar-refractivity contribution is 0.405. The molecule has 0 saturated heterocycles. The van der Waals surface area contributed by atoms with Gasteiger partial charge in [-0.1, -0.05) is 94.1 Å². The van der Waals surface area contributed by atoms with Crippen LogP contribution in [0, 0.1) is 0 Å². The van der Waals surface area contributed by atoms with Gasteiger partial charge in [0, 0.05) is 39.3 Å². The minimum Gasteiger partial charge on any atom is -0.496 e. The van der Waals surface area contributed by atoms with Crippen LogP contribution < -0.4 is 9.64 Å². The van der Waals surface area contributed by atoms with Crippen LogP contribution in [0.4, 0.5) is 17.2 Å². The summed E-state index contributed by atoms with van der Waals surface area (Å²) < 4.78 is 6.01. The number of anilines is 3. The van der Waals surface area contributed by atoms with Gasteiger partial charge in [-0.25, -0.2) is 9.97 Å². The Bertz CT molecular complexity index is 1890. The molecule has 0 fully saturated rings. The Hall–Kier alpha value is -4.70. The molecule has 0 bridgehead atoms. The van der Waals surface area contributed by atoms with Crippen LogP contribution in [0.3, 0.4) is 0 Å². The molecule has 0 unspecified atom stereocenters. The number of para-hydroxylation sites is 1. The van der Waals surface area contributed by atoms with Gasteiger partial charge in [0.25, 0.3) is 0 Å². The van der Waals surface area contributed by atoms with Gasteiger partial charge >= 0.3 is 0 Å². The first-order valence-electron chi connectivity index (χ1n) is 16.0. The molecule has 1 aliphatic rings. The molecule has 1 aliphatic carbocycles. The molecule has 2 heterocycles. The molecule has 4 nitrogen and oxygen atoms in total. The molecule has 0 atom stereocenters. The highest BCUT2D eigenvalue weighted by Crippen LogP contribution is 2.56. The quantitative estimate of drug-likeness (QED) is 0.152. The van der Waals surface area contributed by atoms with Crippen LogP contribution >= 0.6 is 0 Å². The number of hydrogen-bond acceptors (Lipinski definition) is 4. The predicted octanol–water partition coefficient (Wildman–Crippen LogP) is 10.9. The second kappa shape index (κ2) is 11.8. The summed E-state index contributed by atoms with van der Waals surface area (Å²) >= 11 is 0. The van der Waals surface area contributed by atoms with Crippen LogP contribution in [0.25, 0.3) is 32.9 Å². The van der Waals surface area contributed by atoms with Crippen molar-refractivity contribution < 1.29 is 4.74 Å². The summed E-state index contributed by atoms with van der Waals surface area (Å²) in [6.45, 7) is 4.59. The zero-order valence-electron chi connectivity index (χ0n) is 25.9. The van der Waals surface area contributed by atoms with Gasteiger partial charge in [0.2, 0.25) is 0 Å². The number of nitrogens with zero attached hydrogens (tertiary/aromatic N) is 3. The first-order chi connectivity index (χ1) is 21.7. The third-order valence-electron chi connectivity index (χ3n) is 9.37. The fraction of sp³-hybridized carbons (Fsp3) is 0.250. The number of methoxy groups -OCH3 is 1. The van der Waals surface area contributed by atoms with Gasteiger partial charge < -0.3 is 4.74 Å². The van der Waals surface area contributed by atoms with Gasteiger partial charge in [0.15, 0.2) is 0 Å². The Labute approximate surface area is 260 Å². The normalized spacial score (nSPS) is 13.2. The van der Waals surface area contributed by atoms with E-state index in [0.29, 0.717) is 0 Å². The van der Waals surface area contributed by atoms with E-state index in [2.05, 4.69) is 104 Å². The van der Waals surface area contributed by atoms with E-state index in [4.69, 9.17) is 14.7 Å². The Balaban J connectivity index is 1.48. The molecule has 0 radical (unpaired) electrons. The van der Waals surface area contributed by atoms with Crippen molar-refractivity contribution in [1.29, 1.82) is 0 Å². The summed E-state index contributed by atoms with van der Waals surface area (Å²) in [5.74, 6) is 1.79. The third-order valence-corrected chi connectivity index (χ3v) is 9.37. The van der Waals surface area contributed by atoms with Crippen LogP contribution in [0.5, 0.6) is 5.75 Å². The van der Waals surface area contributed by atoms with Crippen molar-refractivity contribution in [2.24, 2.45) is 0 Å². The van der Waals surface area contributed by atoms with E-state index in [-0.39, 0.29) is 5.41 Å². The van der Waals surface area contributed by atoms with E-state index in [1.807, 2.05) is 24.4 Å². The minimum absolute atomic E-state index is 0.0493. The Morgan fingerprint density at radius 2 is 1.45 bits per heavy atom. The van der Waals surface area contributed by atoms with Gasteiger partial charge in [-0.2, -0.15) is 0 Å². The summed E-state index contributed by atoms with van der Waals surface area (Å²) in [7, 11) is 1.78. The number of aromatic nitrogens is 2. The number of rotatable bonds is 10. The summed E-state index contributed by atoms with van der Waals surface area (Å²) in [5.41, 5.74) is 8.09. The van der Waals surface area contributed by atoms with Gasteiger partial charge in [-0.15, -0.1) is 0 Å². The molecular weight excluding hydrogens is 538 g/mol. The zero-order chi connectivity index (χ0) is 30.1. The van der Waals surface area contributed by atoms with E-state index < -0.39 is 0 Å². The maximum Gasteiger partial charge on any atom is 0.137 e. The molecule has 4 heteroatoms. The topological polar surface area (TPSA) is 38.2 Å². The molecule has 0 aliphatic heterocycles. The van der Waals surface area contributed by atoms with Crippen LogP contribution in [0.15, 0.2) is 109 Å². The van der Waals surface area contributed by atoms with Crippen LogP contribution in [0.2, 0.25) is 0 Å². The lowest BCUT2D eigenvalue weighted by Gasteiger charge is -2.32. The molecule has 0 saturated carbocycles. The number of ether oxygens (including phenoxy) is 1. The van der Waals surface area contributed by atoms with Crippen LogP contribution in [-0.4, -0.2) is 17.1 Å². The van der Waals surface area contributed by atoms with E-state index in [1.165, 1.54) is 53.1 Å². The van der Waals surface area contributed by atoms with Crippen molar-refractivity contribution in [2.75, 3.05) is 12.0 Å². The summed E-state index contributed by atoms with van der Waals surface area (Å²) in [6, 6.07) is 36.7. The smallest absolute Gasteiger partial charge is 0.137 e. The van der Waals surface area contributed by atoms with Crippen molar-refractivity contribution in [3.05, 3.63) is 120 Å². The SMILES string of the molecule is CCCCC1(CCCC)c2cc3ccc4ccc(N(c5ccccc5)c5ccccn5)cc4c3nc2-c2c(OC)cccc21. The molecule has 7 rings (SSSR count). The van der Waals surface area contributed by atoms with E-state index >= 15 is 0 Å². The Kier molecular flexibility index (Phi) is 7.51. The van der Waals surface area contributed by atoms with Gasteiger partial charge in [-0.05, 0) is 77.9 Å². The second-order valence-corrected chi connectivity index (χ2v) is 12.0. The minimum atomic E-state index is -0.0493. The number of unbranched alkanes of at least 4 members (excludes halogenated alkanes) is 2. The van der Waals surface area contributed by atoms with Crippen molar-refractivity contribution in [1.82, 2.24) is 9.97 Å². The predicted molar refractivity (Wildman–Crippen MR) is 184 cm³/mol. The van der Waals surface area contributed by atoms with E-state index in [9.17, 15) is 0 Å². The lowest BCUT2D eigenvalue weighted by atomic mass is 9.71. The molecule has 44 heavy (non-hydrogen) atoms. The monoisotopic (exact) mass is 577 g/mol. The molecule has 0 amide bonds. The summed E-state index contributed by atoms with van der Waals surface area (Å²) in [5, 5.41) is 3.49. The Morgan fingerprint density at radius 1 is 0.705 bits per heavy atom. The first-order valence-corrected chi connectivity index (χ1v) is 16.0. The lowest BCUT2D eigenvalue weighted by Crippen LogP contribution is -2.25. The third kappa shape index (κ3) is 4.61. The number of benzene rings is 4. The van der Waals surface area contributed by atoms with E-state index in [0.717, 1.165) is 52.4 Å². The average Bonchev–Trinajstić information content (AvgIpc) is 3.35. The maximum absolute atomic E-state index is 6.01. The maximum atomic E-state index is 6.01. The van der Waals surface area contributed by atoms with Gasteiger partial charge in [0.1, 0.15) is 11.6 Å². The molecule has 220 valence electrons. The Morgan fingerprint density at radius 3 is 2.18 bits per heavy atom. The number of hydrogen-bond donors (Lipinski definition) is 0. The molecule has 0 spiro atoms. The van der Waals surface area contributed by atoms with Crippen molar-refractivity contribution >= 4 is 38.9 Å². The molecule has 0 N–H and O–H groups in total. The molecular formula is C40H39N3O. The number of fused-ring (bicyclic) bond motifs is 6. The van der Waals surface area contributed by atoms with Crippen molar-refractivity contribution in [3.63, 3.8) is 0 Å². The molecule has 2 aromatic heterocycles. The van der Waals surface area contributed by atoms with E-state index in [1.54, 1.807) is 7.11 Å². The van der Waals surface area contributed by atoms with Crippen LogP contribution in [0.1, 0.15) is 63.5 Å². The van der Waals surface area contributed by atoms with Crippen LogP contribution in [-0.2, 0) is 5.41 Å². The van der Waals surface area contributed by atoms with Crippen molar-refractivity contribution in [2.45, 2.75) is 57.8 Å². The highest BCUT2D eigenvalue weighted by molar-refractivity contribution is 6.08. The largest absolute Gasteiger partial charge is 0.496 e. The van der Waals surface area contributed by atoms with Crippen molar-refractivity contribution in [3.8, 4) is 17.0 Å². The highest BCUT2D eigenvalue weighted by Gasteiger charge is 2.44. The first kappa shape index (κ1) is 28.1. The van der Waals surface area contributed by atoms with Gasteiger partial charge in [-0.3, -0.25) is 4.90 Å². The highest BCUT2D eigenvalue weighted by atomic mass is 16.5. The molecule has 4 aromatic carbocycles. The fourth-order valence-corrected chi connectivity index (χ4v) is 7.23. The fourth-order valence-electron chi connectivity index (χ4n) is 7.23. The van der Waals surface area contributed by atoms with Gasteiger partial charge in [0.05, 0.1) is 18.3 Å². The second-order valence-electron chi connectivity index (χ2n) is 12.0. The standard InChI is InChI=1S/C40H39N3O/c1-4-6-23-40(24-7-5-2)33-16-13-17-35(44-3)37(33)39-34(40)26-29-20-19-28-21-22-31(27-32(28)38(29)42-39)43(30-14-9-8-10-15-30)36-18-11-12-25-41-36/h8-22,25-27H,4-7,23-24H2,1-3H3. The molecule has 6 aromatic rings.